The highest BCUT2D eigenvalue weighted by Crippen LogP contribution is 2.33. The number of rotatable bonds is 10. The van der Waals surface area contributed by atoms with E-state index in [9.17, 15) is 18.8 Å². The Labute approximate surface area is 199 Å². The first kappa shape index (κ1) is 27.0. The van der Waals surface area contributed by atoms with Gasteiger partial charge in [-0.15, -0.1) is 0 Å². The molecule has 2 rings (SSSR count). The molecule has 0 saturated carbocycles. The van der Waals surface area contributed by atoms with E-state index >= 15 is 0 Å². The molecule has 0 aliphatic heterocycles. The van der Waals surface area contributed by atoms with Gasteiger partial charge in [0, 0.05) is 31.5 Å². The Morgan fingerprint density at radius 1 is 1.09 bits per heavy atom. The Morgan fingerprint density at radius 2 is 1.76 bits per heavy atom. The molecule has 0 aliphatic carbocycles. The monoisotopic (exact) mass is 473 g/mol. The molecular formula is C26H32FNO6. The smallest absolute Gasteiger partial charge is 0.309 e. The van der Waals surface area contributed by atoms with Gasteiger partial charge in [-0.25, -0.2) is 9.37 Å². The van der Waals surface area contributed by atoms with Crippen molar-refractivity contribution in [3.05, 3.63) is 53.1 Å². The van der Waals surface area contributed by atoms with E-state index in [1.807, 2.05) is 26.8 Å². The van der Waals surface area contributed by atoms with Gasteiger partial charge in [0.15, 0.2) is 17.2 Å². The molecule has 0 aliphatic rings. The molecule has 3 atom stereocenters. The van der Waals surface area contributed by atoms with Crippen molar-refractivity contribution in [2.75, 3.05) is 7.11 Å². The number of Topliss-reactive ketones (excluding diaryl/α,β-unsaturated/α-hetero) is 1. The minimum atomic E-state index is -0.802. The number of carbonyl (C=O) groups excluding carboxylic acids is 3. The van der Waals surface area contributed by atoms with Crippen LogP contribution in [0.2, 0.25) is 0 Å². The van der Waals surface area contributed by atoms with Crippen LogP contribution in [0.5, 0.6) is 11.5 Å². The number of halogens is 1. The van der Waals surface area contributed by atoms with Crippen molar-refractivity contribution >= 4 is 17.7 Å². The van der Waals surface area contributed by atoms with E-state index in [2.05, 4.69) is 4.98 Å². The third-order valence-electron chi connectivity index (χ3n) is 5.53. The van der Waals surface area contributed by atoms with Gasteiger partial charge in [-0.3, -0.25) is 14.4 Å². The number of methoxy groups -OCH3 is 1. The molecule has 1 aromatic heterocycles. The Morgan fingerprint density at radius 3 is 2.32 bits per heavy atom. The second-order valence-corrected chi connectivity index (χ2v) is 8.75. The number of hydrogen-bond donors (Lipinski definition) is 0. The SMILES string of the molecule is COc1ccnc(C(=O)C[C@@H](C)C(=O)O[C@@H](C)[C@@H](c2ccc(C)cc2F)C(C)C)c1OC(C)=O. The van der Waals surface area contributed by atoms with Gasteiger partial charge in [-0.1, -0.05) is 32.9 Å². The van der Waals surface area contributed by atoms with Crippen molar-refractivity contribution in [1.29, 1.82) is 0 Å². The molecule has 34 heavy (non-hydrogen) atoms. The van der Waals surface area contributed by atoms with Crippen LogP contribution in [0.25, 0.3) is 0 Å². The summed E-state index contributed by atoms with van der Waals surface area (Å²) in [4.78, 5) is 41.2. The lowest BCUT2D eigenvalue weighted by Crippen LogP contribution is -2.30. The summed E-state index contributed by atoms with van der Waals surface area (Å²) in [7, 11) is 1.37. The maximum absolute atomic E-state index is 14.6. The highest BCUT2D eigenvalue weighted by Gasteiger charge is 2.31. The second kappa shape index (κ2) is 11.7. The predicted molar refractivity (Wildman–Crippen MR) is 124 cm³/mol. The van der Waals surface area contributed by atoms with E-state index in [1.54, 1.807) is 19.9 Å². The van der Waals surface area contributed by atoms with Crippen molar-refractivity contribution < 1.29 is 33.0 Å². The lowest BCUT2D eigenvalue weighted by molar-refractivity contribution is -0.154. The third kappa shape index (κ3) is 6.62. The highest BCUT2D eigenvalue weighted by atomic mass is 19.1. The molecule has 8 heteroatoms. The second-order valence-electron chi connectivity index (χ2n) is 8.75. The van der Waals surface area contributed by atoms with Crippen LogP contribution in [-0.2, 0) is 14.3 Å². The predicted octanol–water partition coefficient (Wildman–Crippen LogP) is 5.04. The number of esters is 2. The van der Waals surface area contributed by atoms with Crippen LogP contribution in [0.4, 0.5) is 4.39 Å². The minimum absolute atomic E-state index is 0.00390. The van der Waals surface area contributed by atoms with Crippen molar-refractivity contribution in [3.63, 3.8) is 0 Å². The molecular weight excluding hydrogens is 441 g/mol. The van der Waals surface area contributed by atoms with Crippen LogP contribution in [0, 0.1) is 24.6 Å². The summed E-state index contributed by atoms with van der Waals surface area (Å²) in [5.74, 6) is -3.13. The Bertz CT molecular complexity index is 1050. The summed E-state index contributed by atoms with van der Waals surface area (Å²) in [5.41, 5.74) is 1.18. The Kier molecular flexibility index (Phi) is 9.29. The maximum atomic E-state index is 14.6. The fourth-order valence-electron chi connectivity index (χ4n) is 3.92. The average Bonchev–Trinajstić information content (AvgIpc) is 2.74. The maximum Gasteiger partial charge on any atom is 0.309 e. The molecule has 0 radical (unpaired) electrons. The van der Waals surface area contributed by atoms with Crippen LogP contribution in [0.3, 0.4) is 0 Å². The van der Waals surface area contributed by atoms with Gasteiger partial charge in [-0.05, 0) is 37.0 Å². The highest BCUT2D eigenvalue weighted by molar-refractivity contribution is 5.99. The zero-order chi connectivity index (χ0) is 25.6. The first-order valence-corrected chi connectivity index (χ1v) is 11.2. The largest absolute Gasteiger partial charge is 0.493 e. The van der Waals surface area contributed by atoms with Gasteiger partial charge in [0.05, 0.1) is 13.0 Å². The van der Waals surface area contributed by atoms with E-state index < -0.39 is 29.7 Å². The number of ether oxygens (including phenoxy) is 3. The molecule has 0 amide bonds. The lowest BCUT2D eigenvalue weighted by Gasteiger charge is -2.29. The zero-order valence-corrected chi connectivity index (χ0v) is 20.7. The van der Waals surface area contributed by atoms with E-state index in [0.29, 0.717) is 5.56 Å². The van der Waals surface area contributed by atoms with E-state index in [4.69, 9.17) is 14.2 Å². The molecule has 0 fully saturated rings. The fourth-order valence-corrected chi connectivity index (χ4v) is 3.92. The number of carbonyl (C=O) groups is 3. The normalized spacial score (nSPS) is 13.7. The Hall–Kier alpha value is -3.29. The molecule has 0 bridgehead atoms. The van der Waals surface area contributed by atoms with Crippen molar-refractivity contribution in [2.24, 2.45) is 11.8 Å². The molecule has 0 spiro atoms. The van der Waals surface area contributed by atoms with Crippen LogP contribution >= 0.6 is 0 Å². The number of aromatic nitrogens is 1. The summed E-state index contributed by atoms with van der Waals surface area (Å²) < 4.78 is 30.6. The summed E-state index contributed by atoms with van der Waals surface area (Å²) in [5, 5.41) is 0. The molecule has 7 nitrogen and oxygen atoms in total. The van der Waals surface area contributed by atoms with Gasteiger partial charge >= 0.3 is 11.9 Å². The molecule has 1 aromatic carbocycles. The average molecular weight is 474 g/mol. The summed E-state index contributed by atoms with van der Waals surface area (Å²) in [6.45, 7) is 10.2. The summed E-state index contributed by atoms with van der Waals surface area (Å²) >= 11 is 0. The van der Waals surface area contributed by atoms with Crippen molar-refractivity contribution in [1.82, 2.24) is 4.98 Å². The van der Waals surface area contributed by atoms with Crippen LogP contribution in [-0.4, -0.2) is 35.9 Å². The molecule has 0 saturated heterocycles. The zero-order valence-electron chi connectivity index (χ0n) is 20.7. The van der Waals surface area contributed by atoms with Gasteiger partial charge in [0.1, 0.15) is 11.9 Å². The standard InChI is InChI=1S/C26H32FNO6/c1-14(2)23(19-9-8-15(3)12-20(19)27)17(5)33-26(31)16(4)13-21(30)24-25(34-18(6)29)22(32-7)10-11-28-24/h8-12,14,16-17,23H,13H2,1-7H3/t16-,17+,23+/m1/s1. The molecule has 184 valence electrons. The number of hydrogen-bond acceptors (Lipinski definition) is 7. The first-order chi connectivity index (χ1) is 16.0. The topological polar surface area (TPSA) is 91.8 Å². The number of benzene rings is 1. The van der Waals surface area contributed by atoms with Crippen LogP contribution in [0.15, 0.2) is 30.5 Å². The van der Waals surface area contributed by atoms with E-state index in [0.717, 1.165) is 5.56 Å². The molecule has 0 unspecified atom stereocenters. The van der Waals surface area contributed by atoms with Crippen molar-refractivity contribution in [2.45, 2.75) is 60.0 Å². The van der Waals surface area contributed by atoms with Crippen molar-refractivity contribution in [3.8, 4) is 11.5 Å². The van der Waals surface area contributed by atoms with Gasteiger partial charge in [0.25, 0.3) is 0 Å². The molecule has 2 aromatic rings. The summed E-state index contributed by atoms with van der Waals surface area (Å²) in [6, 6.07) is 6.47. The third-order valence-corrected chi connectivity index (χ3v) is 5.53. The Balaban J connectivity index is 2.16. The number of aryl methyl sites for hydroxylation is 1. The molecule has 0 N–H and O–H groups in total. The van der Waals surface area contributed by atoms with Crippen LogP contribution in [0.1, 0.15) is 68.6 Å². The first-order valence-electron chi connectivity index (χ1n) is 11.2. The number of ketones is 1. The van der Waals surface area contributed by atoms with Gasteiger partial charge < -0.3 is 14.2 Å². The quantitative estimate of drug-likeness (QED) is 0.352. The number of pyridine rings is 1. The van der Waals surface area contributed by atoms with Gasteiger partial charge in [-0.2, -0.15) is 0 Å². The fraction of sp³-hybridized carbons (Fsp3) is 0.462. The molecule has 1 heterocycles. The summed E-state index contributed by atoms with van der Waals surface area (Å²) in [6.07, 6.45) is 0.521. The van der Waals surface area contributed by atoms with E-state index in [-0.39, 0.29) is 41.3 Å². The van der Waals surface area contributed by atoms with E-state index in [1.165, 1.54) is 32.4 Å². The van der Waals surface area contributed by atoms with Gasteiger partial charge in [0.2, 0.25) is 5.75 Å². The van der Waals surface area contributed by atoms with Crippen LogP contribution < -0.4 is 9.47 Å². The minimum Gasteiger partial charge on any atom is -0.493 e. The lowest BCUT2D eigenvalue weighted by atomic mass is 9.83. The number of nitrogens with zero attached hydrogens (tertiary/aromatic N) is 1.